The van der Waals surface area contributed by atoms with Crippen molar-refractivity contribution in [3.05, 3.63) is 18.2 Å². The van der Waals surface area contributed by atoms with Crippen LogP contribution in [0.15, 0.2) is 23.1 Å². The van der Waals surface area contributed by atoms with Crippen LogP contribution in [0.25, 0.3) is 0 Å². The van der Waals surface area contributed by atoms with Crippen LogP contribution in [0.5, 0.6) is 0 Å². The van der Waals surface area contributed by atoms with Gasteiger partial charge in [0, 0.05) is 34.1 Å². The number of nitrogens with zero attached hydrogens (tertiary/aromatic N) is 2. The molecule has 1 aliphatic heterocycles. The Morgan fingerprint density at radius 2 is 1.79 bits per heavy atom. The second kappa shape index (κ2) is 9.02. The molecular formula is C21H35N4O3S+. The zero-order chi connectivity index (χ0) is 21.2. The molecular weight excluding hydrogens is 388 g/mol. The van der Waals surface area contributed by atoms with Gasteiger partial charge in [-0.1, -0.05) is 12.8 Å². The van der Waals surface area contributed by atoms with Gasteiger partial charge in [0.05, 0.1) is 29.4 Å². The van der Waals surface area contributed by atoms with Crippen LogP contribution in [-0.4, -0.2) is 66.5 Å². The predicted octanol–water partition coefficient (Wildman–Crippen LogP) is 1.04. The summed E-state index contributed by atoms with van der Waals surface area (Å²) in [6.45, 7) is 2.55. The molecule has 1 aliphatic carbocycles. The normalized spacial score (nSPS) is 24.8. The number of likely N-dealkylation sites (tertiary alicyclic amines) is 1. The molecule has 8 heteroatoms. The molecule has 1 saturated carbocycles. The van der Waals surface area contributed by atoms with Gasteiger partial charge in [-0.2, -0.15) is 0 Å². The van der Waals surface area contributed by atoms with Gasteiger partial charge >= 0.3 is 0 Å². The number of carbonyl (C=O) groups is 1. The van der Waals surface area contributed by atoms with E-state index in [1.165, 1.54) is 55.4 Å². The average Bonchev–Trinajstić information content (AvgIpc) is 2.67. The maximum Gasteiger partial charge on any atom is 0.279 e. The van der Waals surface area contributed by atoms with E-state index in [1.807, 2.05) is 19.0 Å². The standard InChI is InChI=1S/C21H34N4O3S/c1-23(2)20-10-9-18(29(27,28)24(3)4)13-19(20)22-21(26)15-25-12-11-16-7-5-6-8-17(16)14-25/h9-10,13,16-17H,5-8,11-12,14-15H2,1-4H3,(H,22,26)/p+1/t16-,17+/m0/s1. The average molecular weight is 424 g/mol. The molecule has 7 nitrogen and oxygen atoms in total. The van der Waals surface area contributed by atoms with Crippen molar-refractivity contribution in [2.45, 2.75) is 37.0 Å². The van der Waals surface area contributed by atoms with Crippen molar-refractivity contribution in [3.63, 3.8) is 0 Å². The number of fused-ring (bicyclic) bond motifs is 1. The number of nitrogens with one attached hydrogen (secondary N) is 2. The summed E-state index contributed by atoms with van der Waals surface area (Å²) in [5, 5.41) is 2.98. The minimum atomic E-state index is -3.56. The molecule has 0 bridgehead atoms. The molecule has 29 heavy (non-hydrogen) atoms. The molecule has 2 aliphatic rings. The SMILES string of the molecule is CN(C)c1ccc(S(=O)(=O)N(C)C)cc1NC(=O)C[NH+]1CC[C@@H]2CCCC[C@@H]2C1. The highest BCUT2D eigenvalue weighted by molar-refractivity contribution is 7.89. The van der Waals surface area contributed by atoms with Gasteiger partial charge in [0.2, 0.25) is 10.0 Å². The quantitative estimate of drug-likeness (QED) is 0.717. The molecule has 3 atom stereocenters. The first kappa shape index (κ1) is 22.1. The Morgan fingerprint density at radius 1 is 1.10 bits per heavy atom. The number of piperidine rings is 1. The minimum Gasteiger partial charge on any atom is -0.376 e. The lowest BCUT2D eigenvalue weighted by atomic mass is 9.75. The maximum absolute atomic E-state index is 12.8. The summed E-state index contributed by atoms with van der Waals surface area (Å²) < 4.78 is 26.2. The molecule has 162 valence electrons. The Hall–Kier alpha value is -1.64. The van der Waals surface area contributed by atoms with Gasteiger partial charge in [-0.15, -0.1) is 0 Å². The fourth-order valence-electron chi connectivity index (χ4n) is 4.75. The highest BCUT2D eigenvalue weighted by Crippen LogP contribution is 2.32. The summed E-state index contributed by atoms with van der Waals surface area (Å²) in [4.78, 5) is 16.2. The molecule has 0 radical (unpaired) electrons. The summed E-state index contributed by atoms with van der Waals surface area (Å²) in [5.41, 5.74) is 1.33. The molecule has 1 aromatic carbocycles. The van der Waals surface area contributed by atoms with Gasteiger partial charge in [0.25, 0.3) is 5.91 Å². The largest absolute Gasteiger partial charge is 0.376 e. The minimum absolute atomic E-state index is 0.0586. The van der Waals surface area contributed by atoms with Gasteiger partial charge in [-0.25, -0.2) is 12.7 Å². The first-order valence-electron chi connectivity index (χ1n) is 10.6. The highest BCUT2D eigenvalue weighted by Gasteiger charge is 2.34. The van der Waals surface area contributed by atoms with Gasteiger partial charge < -0.3 is 15.1 Å². The topological polar surface area (TPSA) is 74.2 Å². The Bertz CT molecular complexity index is 838. The number of amides is 1. The molecule has 0 spiro atoms. The molecule has 1 unspecified atom stereocenters. The van der Waals surface area contributed by atoms with Crippen LogP contribution in [0.3, 0.4) is 0 Å². The van der Waals surface area contributed by atoms with Crippen molar-refractivity contribution in [1.29, 1.82) is 0 Å². The van der Waals surface area contributed by atoms with Crippen molar-refractivity contribution in [1.82, 2.24) is 4.31 Å². The number of rotatable bonds is 6. The third-order valence-corrected chi connectivity index (χ3v) is 8.21. The van der Waals surface area contributed by atoms with Crippen LogP contribution in [0.1, 0.15) is 32.1 Å². The Morgan fingerprint density at radius 3 is 2.45 bits per heavy atom. The highest BCUT2D eigenvalue weighted by atomic mass is 32.2. The molecule has 1 amide bonds. The number of benzene rings is 1. The zero-order valence-corrected chi connectivity index (χ0v) is 18.9. The van der Waals surface area contributed by atoms with Crippen molar-refractivity contribution >= 4 is 27.3 Å². The first-order chi connectivity index (χ1) is 13.7. The number of quaternary nitrogens is 1. The summed E-state index contributed by atoms with van der Waals surface area (Å²) in [6.07, 6.45) is 6.54. The molecule has 3 rings (SSSR count). The predicted molar refractivity (Wildman–Crippen MR) is 116 cm³/mol. The molecule has 1 saturated heterocycles. The van der Waals surface area contributed by atoms with Crippen LogP contribution in [0.2, 0.25) is 0 Å². The van der Waals surface area contributed by atoms with E-state index in [0.717, 1.165) is 30.6 Å². The fraction of sp³-hybridized carbons (Fsp3) is 0.667. The van der Waals surface area contributed by atoms with E-state index in [9.17, 15) is 13.2 Å². The van der Waals surface area contributed by atoms with Crippen LogP contribution in [-0.2, 0) is 14.8 Å². The van der Waals surface area contributed by atoms with E-state index in [2.05, 4.69) is 5.32 Å². The third kappa shape index (κ3) is 5.10. The van der Waals surface area contributed by atoms with E-state index in [-0.39, 0.29) is 10.8 Å². The van der Waals surface area contributed by atoms with Crippen molar-refractivity contribution in [3.8, 4) is 0 Å². The molecule has 1 aromatic rings. The van der Waals surface area contributed by atoms with Gasteiger partial charge in [0.1, 0.15) is 0 Å². The number of carbonyl (C=O) groups excluding carboxylic acids is 1. The van der Waals surface area contributed by atoms with Crippen LogP contribution < -0.4 is 15.1 Å². The number of hydrogen-bond donors (Lipinski definition) is 2. The molecule has 1 heterocycles. The summed E-state index contributed by atoms with van der Waals surface area (Å²) in [7, 11) is 3.21. The monoisotopic (exact) mass is 423 g/mol. The van der Waals surface area contributed by atoms with Crippen LogP contribution in [0, 0.1) is 11.8 Å². The van der Waals surface area contributed by atoms with E-state index < -0.39 is 10.0 Å². The van der Waals surface area contributed by atoms with Gasteiger partial charge in [0.15, 0.2) is 6.54 Å². The van der Waals surface area contributed by atoms with E-state index in [0.29, 0.717) is 12.2 Å². The molecule has 2 N–H and O–H groups in total. The van der Waals surface area contributed by atoms with E-state index >= 15 is 0 Å². The van der Waals surface area contributed by atoms with Crippen LogP contribution in [0.4, 0.5) is 11.4 Å². The van der Waals surface area contributed by atoms with E-state index in [4.69, 9.17) is 0 Å². The van der Waals surface area contributed by atoms with Gasteiger partial charge in [-0.3, -0.25) is 4.79 Å². The van der Waals surface area contributed by atoms with Crippen LogP contribution >= 0.6 is 0 Å². The lowest BCUT2D eigenvalue weighted by molar-refractivity contribution is -0.902. The maximum atomic E-state index is 12.8. The summed E-state index contributed by atoms with van der Waals surface area (Å²) in [6, 6.07) is 4.89. The van der Waals surface area contributed by atoms with Crippen molar-refractivity contribution < 1.29 is 18.1 Å². The Kier molecular flexibility index (Phi) is 6.86. The van der Waals surface area contributed by atoms with Crippen molar-refractivity contribution in [2.24, 2.45) is 11.8 Å². The van der Waals surface area contributed by atoms with E-state index in [1.54, 1.807) is 18.2 Å². The fourth-order valence-corrected chi connectivity index (χ4v) is 5.68. The smallest absolute Gasteiger partial charge is 0.279 e. The zero-order valence-electron chi connectivity index (χ0n) is 18.1. The van der Waals surface area contributed by atoms with Crippen molar-refractivity contribution in [2.75, 3.05) is 58.0 Å². The first-order valence-corrected chi connectivity index (χ1v) is 12.0. The second-order valence-electron chi connectivity index (χ2n) is 8.88. The lowest BCUT2D eigenvalue weighted by Gasteiger charge is -2.38. The Labute approximate surface area is 175 Å². The summed E-state index contributed by atoms with van der Waals surface area (Å²) >= 11 is 0. The summed E-state index contributed by atoms with van der Waals surface area (Å²) in [5.74, 6) is 1.55. The Balaban J connectivity index is 1.71. The molecule has 0 aromatic heterocycles. The number of sulfonamides is 1. The lowest BCUT2D eigenvalue weighted by Crippen LogP contribution is -3.15. The molecule has 2 fully saturated rings. The third-order valence-electron chi connectivity index (χ3n) is 6.40. The number of anilines is 2. The number of hydrogen-bond acceptors (Lipinski definition) is 4. The van der Waals surface area contributed by atoms with Gasteiger partial charge in [-0.05, 0) is 43.4 Å². The second-order valence-corrected chi connectivity index (χ2v) is 11.0.